The maximum absolute atomic E-state index is 12.2. The van der Waals surface area contributed by atoms with E-state index in [-0.39, 0.29) is 25.9 Å². The molecule has 17 heteroatoms. The zero-order valence-electron chi connectivity index (χ0n) is 20.6. The van der Waals surface area contributed by atoms with Crippen LogP contribution in [0.25, 0.3) is 0 Å². The van der Waals surface area contributed by atoms with Crippen molar-refractivity contribution in [2.45, 2.75) is 37.8 Å². The first-order chi connectivity index (χ1) is 17.5. The van der Waals surface area contributed by atoms with E-state index in [1.54, 1.807) is 0 Å². The maximum atomic E-state index is 12.2. The van der Waals surface area contributed by atoms with Gasteiger partial charge in [-0.1, -0.05) is 0 Å². The molecule has 0 bridgehead atoms. The third-order valence-electron chi connectivity index (χ3n) is 4.63. The molecule has 0 aliphatic carbocycles. The van der Waals surface area contributed by atoms with Gasteiger partial charge in [-0.15, -0.1) is 0 Å². The molecule has 0 rings (SSSR count). The van der Waals surface area contributed by atoms with Gasteiger partial charge in [-0.2, -0.15) is 0 Å². The zero-order chi connectivity index (χ0) is 28.2. The lowest BCUT2D eigenvalue weighted by atomic mass is 10.1. The van der Waals surface area contributed by atoms with Crippen LogP contribution in [-0.2, 0) is 33.6 Å². The molecule has 2 atom stereocenters. The second kappa shape index (κ2) is 19.4. The number of hydrogen-bond acceptors (Lipinski definition) is 10. The Kier molecular flexibility index (Phi) is 17.4. The van der Waals surface area contributed by atoms with Crippen molar-refractivity contribution < 1.29 is 33.6 Å². The molecule has 0 fully saturated rings. The molecular formula is C20H38N10O7. The Balaban J connectivity index is 4.48. The highest BCUT2D eigenvalue weighted by Crippen LogP contribution is 1.97. The van der Waals surface area contributed by atoms with E-state index in [1.807, 2.05) is 0 Å². The van der Waals surface area contributed by atoms with Gasteiger partial charge in [0.25, 0.3) is 0 Å². The molecule has 0 heterocycles. The predicted octanol–water partition coefficient (Wildman–Crippen LogP) is -6.66. The summed E-state index contributed by atoms with van der Waals surface area (Å²) in [5, 5.41) is 14.0. The number of carbonyl (C=O) groups is 7. The lowest BCUT2D eigenvalue weighted by Gasteiger charge is -2.18. The van der Waals surface area contributed by atoms with Crippen LogP contribution in [0.3, 0.4) is 0 Å². The molecule has 14 N–H and O–H groups in total. The van der Waals surface area contributed by atoms with Crippen molar-refractivity contribution in [2.24, 2.45) is 22.9 Å². The first-order valence-electron chi connectivity index (χ1n) is 11.6. The summed E-state index contributed by atoms with van der Waals surface area (Å²) in [6, 6.07) is -1.90. The number of amides is 7. The minimum Gasteiger partial charge on any atom is -0.368 e. The fourth-order valence-corrected chi connectivity index (χ4v) is 2.75. The second-order valence-corrected chi connectivity index (χ2v) is 7.76. The minimum atomic E-state index is -0.987. The standard InChI is InChI=1S/C20H38N10O7/c21-5-1-3-12(29-15(32)7-23)20(37)28-10-17(34)25-9-16(33)26-11-18(35)30-13(4-2-6-22)19(36)27-8-14(24)31/h12-13H,1-11,21-23H2,(H2,24,31)(H,25,34)(H,26,33)(H,27,36)(H,28,37)(H,29,32)(H,30,35)/t12-,13-/m0/s1. The van der Waals surface area contributed by atoms with Crippen LogP contribution in [0.15, 0.2) is 0 Å². The molecule has 0 aromatic heterocycles. The molecule has 210 valence electrons. The number of hydrogen-bond donors (Lipinski definition) is 10. The molecule has 0 aliphatic heterocycles. The lowest BCUT2D eigenvalue weighted by molar-refractivity contribution is -0.131. The Morgan fingerprint density at radius 3 is 1.38 bits per heavy atom. The molecular weight excluding hydrogens is 492 g/mol. The van der Waals surface area contributed by atoms with Gasteiger partial charge >= 0.3 is 0 Å². The highest BCUT2D eigenvalue weighted by Gasteiger charge is 2.22. The van der Waals surface area contributed by atoms with Gasteiger partial charge in [-0.3, -0.25) is 33.6 Å². The predicted molar refractivity (Wildman–Crippen MR) is 131 cm³/mol. The lowest BCUT2D eigenvalue weighted by Crippen LogP contribution is -2.52. The normalized spacial score (nSPS) is 11.9. The van der Waals surface area contributed by atoms with Crippen molar-refractivity contribution in [3.05, 3.63) is 0 Å². The monoisotopic (exact) mass is 530 g/mol. The molecule has 0 aliphatic rings. The van der Waals surface area contributed by atoms with Gasteiger partial charge in [0.1, 0.15) is 12.1 Å². The summed E-state index contributed by atoms with van der Waals surface area (Å²) < 4.78 is 0. The van der Waals surface area contributed by atoms with Gasteiger partial charge < -0.3 is 54.8 Å². The summed E-state index contributed by atoms with van der Waals surface area (Å²) in [6.45, 7) is -1.59. The third kappa shape index (κ3) is 16.5. The zero-order valence-corrected chi connectivity index (χ0v) is 20.6. The highest BCUT2D eigenvalue weighted by atomic mass is 16.2. The van der Waals surface area contributed by atoms with Crippen LogP contribution in [0.2, 0.25) is 0 Å². The first kappa shape index (κ1) is 33.2. The fourth-order valence-electron chi connectivity index (χ4n) is 2.75. The van der Waals surface area contributed by atoms with Crippen molar-refractivity contribution in [2.75, 3.05) is 45.8 Å². The van der Waals surface area contributed by atoms with E-state index >= 15 is 0 Å². The molecule has 0 spiro atoms. The summed E-state index contributed by atoms with van der Waals surface area (Å²) in [4.78, 5) is 82.6. The molecule has 37 heavy (non-hydrogen) atoms. The van der Waals surface area contributed by atoms with E-state index in [1.165, 1.54) is 0 Å². The second-order valence-electron chi connectivity index (χ2n) is 7.76. The quantitative estimate of drug-likeness (QED) is 0.0752. The van der Waals surface area contributed by atoms with Crippen LogP contribution in [0.4, 0.5) is 0 Å². The molecule has 17 nitrogen and oxygen atoms in total. The van der Waals surface area contributed by atoms with Gasteiger partial charge in [0, 0.05) is 0 Å². The Hall–Kier alpha value is -3.83. The van der Waals surface area contributed by atoms with Crippen molar-refractivity contribution >= 4 is 41.4 Å². The summed E-state index contributed by atoms with van der Waals surface area (Å²) in [6.07, 6.45) is 1.32. The van der Waals surface area contributed by atoms with Crippen molar-refractivity contribution in [3.8, 4) is 0 Å². The molecule has 0 aromatic rings. The molecule has 7 amide bonds. The van der Waals surface area contributed by atoms with Crippen LogP contribution < -0.4 is 54.8 Å². The number of rotatable bonds is 19. The van der Waals surface area contributed by atoms with Crippen molar-refractivity contribution in [1.29, 1.82) is 0 Å². The van der Waals surface area contributed by atoms with E-state index in [2.05, 4.69) is 31.9 Å². The van der Waals surface area contributed by atoms with E-state index in [4.69, 9.17) is 22.9 Å². The molecule has 0 aromatic carbocycles. The molecule has 0 saturated heterocycles. The van der Waals surface area contributed by atoms with E-state index < -0.39 is 79.6 Å². The summed E-state index contributed by atoms with van der Waals surface area (Å²) >= 11 is 0. The Morgan fingerprint density at radius 1 is 0.541 bits per heavy atom. The smallest absolute Gasteiger partial charge is 0.243 e. The van der Waals surface area contributed by atoms with Crippen LogP contribution in [0.1, 0.15) is 25.7 Å². The highest BCUT2D eigenvalue weighted by molar-refractivity contribution is 5.93. The largest absolute Gasteiger partial charge is 0.368 e. The summed E-state index contributed by atoms with van der Waals surface area (Å²) in [5.74, 6) is -4.63. The number of nitrogens with two attached hydrogens (primary N) is 4. The molecule has 0 saturated carbocycles. The van der Waals surface area contributed by atoms with E-state index in [9.17, 15) is 33.6 Å². The van der Waals surface area contributed by atoms with Crippen molar-refractivity contribution in [3.63, 3.8) is 0 Å². The minimum absolute atomic E-state index is 0.200. The van der Waals surface area contributed by atoms with Gasteiger partial charge in [0.05, 0.1) is 32.7 Å². The van der Waals surface area contributed by atoms with Gasteiger partial charge in [0.15, 0.2) is 0 Å². The van der Waals surface area contributed by atoms with Gasteiger partial charge in [-0.25, -0.2) is 0 Å². The number of primary amides is 1. The first-order valence-corrected chi connectivity index (χ1v) is 11.6. The Morgan fingerprint density at radius 2 is 0.946 bits per heavy atom. The Labute approximate surface area is 213 Å². The van der Waals surface area contributed by atoms with Crippen LogP contribution in [0.5, 0.6) is 0 Å². The maximum Gasteiger partial charge on any atom is 0.243 e. The average molecular weight is 531 g/mol. The fraction of sp³-hybridized carbons (Fsp3) is 0.650. The average Bonchev–Trinajstić information content (AvgIpc) is 2.87. The van der Waals surface area contributed by atoms with E-state index in [0.717, 1.165) is 0 Å². The van der Waals surface area contributed by atoms with Crippen molar-refractivity contribution in [1.82, 2.24) is 31.9 Å². The van der Waals surface area contributed by atoms with Crippen LogP contribution in [-0.4, -0.2) is 99.2 Å². The molecule has 0 radical (unpaired) electrons. The summed E-state index contributed by atoms with van der Waals surface area (Å²) in [5.41, 5.74) is 21.0. The SMILES string of the molecule is NCCC[C@H](NC(=O)CN)C(=O)NCC(=O)NCC(=O)NCC(=O)N[C@@H](CCCN)C(=O)NCC(N)=O. The topological polar surface area (TPSA) is 296 Å². The van der Waals surface area contributed by atoms with Crippen LogP contribution in [0, 0.1) is 0 Å². The third-order valence-corrected chi connectivity index (χ3v) is 4.63. The Bertz CT molecular complexity index is 808. The van der Waals surface area contributed by atoms with Gasteiger partial charge in [0.2, 0.25) is 41.4 Å². The summed E-state index contributed by atoms with van der Waals surface area (Å²) in [7, 11) is 0. The molecule has 0 unspecified atom stereocenters. The van der Waals surface area contributed by atoms with E-state index in [0.29, 0.717) is 19.4 Å². The van der Waals surface area contributed by atoms with Gasteiger partial charge in [-0.05, 0) is 38.8 Å². The number of nitrogens with one attached hydrogen (secondary N) is 6. The number of carbonyl (C=O) groups excluding carboxylic acids is 7. The van der Waals surface area contributed by atoms with Crippen LogP contribution >= 0.6 is 0 Å².